The summed E-state index contributed by atoms with van der Waals surface area (Å²) in [6.07, 6.45) is 5.14. The molecule has 6 nitrogen and oxygen atoms in total. The monoisotopic (exact) mass is 346 g/mol. The molecular weight excluding hydrogens is 328 g/mol. The smallest absolute Gasteiger partial charge is 0.251 e. The lowest BCUT2D eigenvalue weighted by molar-refractivity contribution is -0.120. The number of amides is 2. The molecule has 0 fully saturated rings. The maximum atomic E-state index is 12.0. The van der Waals surface area contributed by atoms with E-state index in [-0.39, 0.29) is 18.4 Å². The maximum absolute atomic E-state index is 12.0. The van der Waals surface area contributed by atoms with E-state index in [1.807, 2.05) is 30.3 Å². The van der Waals surface area contributed by atoms with Gasteiger partial charge in [-0.2, -0.15) is 0 Å². The second-order valence-electron chi connectivity index (χ2n) is 5.62. The Bertz CT molecular complexity index is 883. The third-order valence-electron chi connectivity index (χ3n) is 3.72. The first-order valence-corrected chi connectivity index (χ1v) is 8.17. The van der Waals surface area contributed by atoms with Crippen molar-refractivity contribution in [2.75, 3.05) is 6.54 Å². The Balaban J connectivity index is 1.51. The van der Waals surface area contributed by atoms with Gasteiger partial charge >= 0.3 is 0 Å². The molecule has 0 saturated heterocycles. The number of nitrogens with zero attached hydrogens (tertiary/aromatic N) is 2. The van der Waals surface area contributed by atoms with Crippen LogP contribution in [-0.2, 0) is 11.3 Å². The summed E-state index contributed by atoms with van der Waals surface area (Å²) >= 11 is 0. The lowest BCUT2D eigenvalue weighted by Crippen LogP contribution is -2.36. The van der Waals surface area contributed by atoms with E-state index in [2.05, 4.69) is 20.6 Å². The second-order valence-corrected chi connectivity index (χ2v) is 5.62. The van der Waals surface area contributed by atoms with Gasteiger partial charge in [-0.15, -0.1) is 0 Å². The van der Waals surface area contributed by atoms with E-state index in [9.17, 15) is 9.59 Å². The minimum atomic E-state index is -0.275. The number of aromatic nitrogens is 2. The van der Waals surface area contributed by atoms with E-state index >= 15 is 0 Å². The van der Waals surface area contributed by atoms with Gasteiger partial charge in [0, 0.05) is 36.3 Å². The summed E-state index contributed by atoms with van der Waals surface area (Å²) in [7, 11) is 0. The summed E-state index contributed by atoms with van der Waals surface area (Å²) < 4.78 is 0. The third-order valence-corrected chi connectivity index (χ3v) is 3.72. The number of hydrogen-bond acceptors (Lipinski definition) is 4. The van der Waals surface area contributed by atoms with Gasteiger partial charge in [0.05, 0.1) is 12.2 Å². The zero-order valence-electron chi connectivity index (χ0n) is 14.1. The summed E-state index contributed by atoms with van der Waals surface area (Å²) in [5.74, 6) is -0.530. The molecule has 2 aromatic heterocycles. The van der Waals surface area contributed by atoms with Crippen molar-refractivity contribution in [3.63, 3.8) is 0 Å². The SMILES string of the molecule is O=C(CNC(=O)c1ccccc1)NCc1ccnc(-c2cccnc2)c1. The van der Waals surface area contributed by atoms with Gasteiger partial charge < -0.3 is 10.6 Å². The molecule has 0 aliphatic carbocycles. The van der Waals surface area contributed by atoms with Gasteiger partial charge in [-0.25, -0.2) is 0 Å². The molecule has 1 aromatic carbocycles. The van der Waals surface area contributed by atoms with Crippen LogP contribution in [0.1, 0.15) is 15.9 Å². The molecule has 0 aliphatic rings. The van der Waals surface area contributed by atoms with Crippen LogP contribution in [0, 0.1) is 0 Å². The normalized spacial score (nSPS) is 10.2. The quantitative estimate of drug-likeness (QED) is 0.717. The zero-order valence-corrected chi connectivity index (χ0v) is 14.1. The van der Waals surface area contributed by atoms with Gasteiger partial charge in [-0.05, 0) is 42.0 Å². The molecule has 3 aromatic rings. The van der Waals surface area contributed by atoms with Crippen molar-refractivity contribution in [1.82, 2.24) is 20.6 Å². The summed E-state index contributed by atoms with van der Waals surface area (Å²) in [5, 5.41) is 5.39. The van der Waals surface area contributed by atoms with Crippen LogP contribution < -0.4 is 10.6 Å². The molecule has 26 heavy (non-hydrogen) atoms. The summed E-state index contributed by atoms with van der Waals surface area (Å²) in [4.78, 5) is 32.3. The van der Waals surface area contributed by atoms with Crippen LogP contribution in [0.5, 0.6) is 0 Å². The largest absolute Gasteiger partial charge is 0.350 e. The van der Waals surface area contributed by atoms with Crippen LogP contribution in [0.4, 0.5) is 0 Å². The average molecular weight is 346 g/mol. The Kier molecular flexibility index (Phi) is 5.67. The fourth-order valence-corrected chi connectivity index (χ4v) is 2.37. The molecule has 2 heterocycles. The highest BCUT2D eigenvalue weighted by molar-refractivity contribution is 5.96. The number of benzene rings is 1. The van der Waals surface area contributed by atoms with E-state index in [1.165, 1.54) is 0 Å². The van der Waals surface area contributed by atoms with Crippen LogP contribution in [0.2, 0.25) is 0 Å². The third kappa shape index (κ3) is 4.73. The molecule has 0 atom stereocenters. The predicted octanol–water partition coefficient (Wildman–Crippen LogP) is 2.19. The first-order chi connectivity index (χ1) is 12.7. The molecule has 0 saturated carbocycles. The average Bonchev–Trinajstić information content (AvgIpc) is 2.72. The summed E-state index contributed by atoms with van der Waals surface area (Å²) in [6.45, 7) is 0.282. The molecular formula is C20H18N4O2. The van der Waals surface area contributed by atoms with Crippen molar-refractivity contribution in [2.45, 2.75) is 6.54 Å². The lowest BCUT2D eigenvalue weighted by atomic mass is 10.1. The van der Waals surface area contributed by atoms with Crippen LogP contribution in [0.3, 0.4) is 0 Å². The molecule has 2 amide bonds. The highest BCUT2D eigenvalue weighted by Crippen LogP contribution is 2.16. The molecule has 0 radical (unpaired) electrons. The van der Waals surface area contributed by atoms with Gasteiger partial charge in [0.15, 0.2) is 0 Å². The zero-order chi connectivity index (χ0) is 18.2. The van der Waals surface area contributed by atoms with Crippen molar-refractivity contribution >= 4 is 11.8 Å². The minimum Gasteiger partial charge on any atom is -0.350 e. The maximum Gasteiger partial charge on any atom is 0.251 e. The van der Waals surface area contributed by atoms with Crippen LogP contribution in [0.15, 0.2) is 73.2 Å². The molecule has 130 valence electrons. The predicted molar refractivity (Wildman–Crippen MR) is 98.1 cm³/mol. The number of hydrogen-bond donors (Lipinski definition) is 2. The van der Waals surface area contributed by atoms with Gasteiger partial charge in [0.25, 0.3) is 5.91 Å². The molecule has 0 unspecified atom stereocenters. The van der Waals surface area contributed by atoms with Gasteiger partial charge in [0.2, 0.25) is 5.91 Å². The summed E-state index contributed by atoms with van der Waals surface area (Å²) in [5.41, 5.74) is 3.15. The van der Waals surface area contributed by atoms with Crippen LogP contribution in [0.25, 0.3) is 11.3 Å². The van der Waals surface area contributed by atoms with Crippen LogP contribution in [-0.4, -0.2) is 28.3 Å². The van der Waals surface area contributed by atoms with E-state index < -0.39 is 0 Å². The van der Waals surface area contributed by atoms with E-state index in [0.717, 1.165) is 16.8 Å². The molecule has 0 aliphatic heterocycles. The Morgan fingerprint density at radius 2 is 1.77 bits per heavy atom. The highest BCUT2D eigenvalue weighted by Gasteiger charge is 2.08. The second kappa shape index (κ2) is 8.53. The van der Waals surface area contributed by atoms with E-state index in [1.54, 1.807) is 42.9 Å². The van der Waals surface area contributed by atoms with E-state index in [0.29, 0.717) is 12.1 Å². The lowest BCUT2D eigenvalue weighted by Gasteiger charge is -2.08. The van der Waals surface area contributed by atoms with Crippen molar-refractivity contribution in [2.24, 2.45) is 0 Å². The minimum absolute atomic E-state index is 0.0751. The van der Waals surface area contributed by atoms with Gasteiger partial charge in [-0.1, -0.05) is 18.2 Å². The van der Waals surface area contributed by atoms with Crippen LogP contribution >= 0.6 is 0 Å². The number of rotatable bonds is 6. The first-order valence-electron chi connectivity index (χ1n) is 8.17. The topological polar surface area (TPSA) is 84.0 Å². The number of carbonyl (C=O) groups is 2. The van der Waals surface area contributed by atoms with Crippen molar-refractivity contribution in [3.05, 3.63) is 84.3 Å². The number of pyridine rings is 2. The fourth-order valence-electron chi connectivity index (χ4n) is 2.37. The Morgan fingerprint density at radius 1 is 0.923 bits per heavy atom. The molecule has 2 N–H and O–H groups in total. The standard InChI is InChI=1S/C20H18N4O2/c25-19(14-24-20(26)16-5-2-1-3-6-16)23-12-15-8-10-22-18(11-15)17-7-4-9-21-13-17/h1-11,13H,12,14H2,(H,23,25)(H,24,26). The molecule has 0 spiro atoms. The fraction of sp³-hybridized carbons (Fsp3) is 0.100. The molecule has 0 bridgehead atoms. The first kappa shape index (κ1) is 17.3. The Morgan fingerprint density at radius 3 is 2.54 bits per heavy atom. The van der Waals surface area contributed by atoms with Crippen molar-refractivity contribution in [3.8, 4) is 11.3 Å². The number of carbonyl (C=O) groups excluding carboxylic acids is 2. The molecule has 6 heteroatoms. The Labute approximate surface area is 151 Å². The summed E-state index contributed by atoms with van der Waals surface area (Å²) in [6, 6.07) is 16.3. The Hall–Kier alpha value is -3.54. The number of nitrogens with one attached hydrogen (secondary N) is 2. The van der Waals surface area contributed by atoms with Gasteiger partial charge in [-0.3, -0.25) is 19.6 Å². The van der Waals surface area contributed by atoms with Crippen molar-refractivity contribution in [1.29, 1.82) is 0 Å². The van der Waals surface area contributed by atoms with E-state index in [4.69, 9.17) is 0 Å². The highest BCUT2D eigenvalue weighted by atomic mass is 16.2. The molecule has 3 rings (SSSR count). The van der Waals surface area contributed by atoms with Gasteiger partial charge in [0.1, 0.15) is 0 Å². The van der Waals surface area contributed by atoms with Crippen molar-refractivity contribution < 1.29 is 9.59 Å².